The molecule has 2 rings (SSSR count). The fourth-order valence-corrected chi connectivity index (χ4v) is 1.68. The fraction of sp³-hybridized carbons (Fsp3) is 0.429. The van der Waals surface area contributed by atoms with Crippen molar-refractivity contribution in [1.82, 2.24) is 4.73 Å². The van der Waals surface area contributed by atoms with Gasteiger partial charge in [-0.05, 0) is 30.4 Å². The molecule has 1 aromatic rings. The van der Waals surface area contributed by atoms with Gasteiger partial charge in [-0.1, -0.05) is 0 Å². The van der Waals surface area contributed by atoms with Gasteiger partial charge in [0.1, 0.15) is 11.6 Å². The molecule has 0 fully saturated rings. The molecule has 0 atom stereocenters. The van der Waals surface area contributed by atoms with Crippen LogP contribution >= 0.6 is 0 Å². The van der Waals surface area contributed by atoms with E-state index in [4.69, 9.17) is 11.5 Å². The Labute approximate surface area is 64.4 Å². The van der Waals surface area contributed by atoms with E-state index in [0.29, 0.717) is 16.4 Å². The molecule has 1 aliphatic rings. The van der Waals surface area contributed by atoms with Crippen molar-refractivity contribution in [3.8, 4) is 0 Å². The number of fused-ring (bicyclic) bond motifs is 1. The standard InChI is InChI=1S/C7H10N3O/c8-6-4-2-1-3-5(4)7(9)10(6)11/h1-3,8-9H2/q-1. The summed E-state index contributed by atoms with van der Waals surface area (Å²) in [6.07, 6.45) is 2.88. The zero-order valence-electron chi connectivity index (χ0n) is 6.13. The first-order valence-electron chi connectivity index (χ1n) is 3.66. The van der Waals surface area contributed by atoms with Crippen molar-refractivity contribution in [1.29, 1.82) is 0 Å². The third-order valence-electron chi connectivity index (χ3n) is 2.27. The molecule has 1 aliphatic carbocycles. The third kappa shape index (κ3) is 0.636. The molecule has 4 nitrogen and oxygen atoms in total. The first kappa shape index (κ1) is 6.39. The Bertz CT molecular complexity index is 276. The maximum absolute atomic E-state index is 11.1. The highest BCUT2D eigenvalue weighted by molar-refractivity contribution is 5.63. The van der Waals surface area contributed by atoms with Crippen molar-refractivity contribution in [2.75, 3.05) is 11.5 Å². The quantitative estimate of drug-likeness (QED) is 0.567. The molecule has 0 saturated carbocycles. The van der Waals surface area contributed by atoms with Gasteiger partial charge in [-0.3, -0.25) is 0 Å². The molecule has 60 valence electrons. The van der Waals surface area contributed by atoms with Gasteiger partial charge in [-0.25, -0.2) is 0 Å². The Morgan fingerprint density at radius 3 is 2.00 bits per heavy atom. The zero-order chi connectivity index (χ0) is 8.01. The van der Waals surface area contributed by atoms with Gasteiger partial charge in [0, 0.05) is 0 Å². The van der Waals surface area contributed by atoms with Crippen LogP contribution in [0.25, 0.3) is 0 Å². The fourth-order valence-electron chi connectivity index (χ4n) is 1.68. The molecule has 1 heterocycles. The highest BCUT2D eigenvalue weighted by Gasteiger charge is 2.19. The van der Waals surface area contributed by atoms with Gasteiger partial charge >= 0.3 is 0 Å². The topological polar surface area (TPSA) is 80.0 Å². The van der Waals surface area contributed by atoms with E-state index in [1.54, 1.807) is 0 Å². The number of rotatable bonds is 0. The summed E-state index contributed by atoms with van der Waals surface area (Å²) in [6, 6.07) is 0. The molecule has 0 radical (unpaired) electrons. The number of anilines is 2. The summed E-state index contributed by atoms with van der Waals surface area (Å²) in [5.74, 6) is 0.602. The molecule has 0 unspecified atom stereocenters. The van der Waals surface area contributed by atoms with Crippen molar-refractivity contribution in [2.45, 2.75) is 19.3 Å². The van der Waals surface area contributed by atoms with Crippen LogP contribution in [-0.4, -0.2) is 4.73 Å². The maximum Gasteiger partial charge on any atom is 0.103 e. The second-order valence-electron chi connectivity index (χ2n) is 2.88. The van der Waals surface area contributed by atoms with E-state index >= 15 is 0 Å². The van der Waals surface area contributed by atoms with Gasteiger partial charge in [0.05, 0.1) is 0 Å². The molecule has 4 N–H and O–H groups in total. The Hall–Kier alpha value is -1.32. The highest BCUT2D eigenvalue weighted by atomic mass is 16.5. The van der Waals surface area contributed by atoms with Gasteiger partial charge in [-0.2, -0.15) is 0 Å². The van der Waals surface area contributed by atoms with Crippen molar-refractivity contribution in [2.24, 2.45) is 0 Å². The van der Waals surface area contributed by atoms with Gasteiger partial charge in [0.2, 0.25) is 0 Å². The average molecular weight is 152 g/mol. The van der Waals surface area contributed by atoms with Gasteiger partial charge in [0.25, 0.3) is 0 Å². The van der Waals surface area contributed by atoms with Crippen molar-refractivity contribution < 1.29 is 0 Å². The van der Waals surface area contributed by atoms with Gasteiger partial charge in [-0.15, -0.1) is 0 Å². The van der Waals surface area contributed by atoms with Crippen LogP contribution in [0.1, 0.15) is 17.5 Å². The number of hydrogen-bond donors (Lipinski definition) is 2. The first-order chi connectivity index (χ1) is 5.22. The third-order valence-corrected chi connectivity index (χ3v) is 2.27. The maximum atomic E-state index is 11.1. The summed E-state index contributed by atoms with van der Waals surface area (Å²) >= 11 is 0. The normalized spacial score (nSPS) is 15.3. The summed E-state index contributed by atoms with van der Waals surface area (Å²) in [6.45, 7) is 0. The highest BCUT2D eigenvalue weighted by Crippen LogP contribution is 2.33. The van der Waals surface area contributed by atoms with Crippen molar-refractivity contribution in [3.05, 3.63) is 16.3 Å². The van der Waals surface area contributed by atoms with Gasteiger partial charge in [0.15, 0.2) is 0 Å². The molecular formula is C7H10N3O-. The first-order valence-corrected chi connectivity index (χ1v) is 3.66. The minimum atomic E-state index is 0.301. The van der Waals surface area contributed by atoms with Crippen LogP contribution < -0.4 is 11.5 Å². The van der Waals surface area contributed by atoms with Crippen LogP contribution in [0.3, 0.4) is 0 Å². The summed E-state index contributed by atoms with van der Waals surface area (Å²) in [5.41, 5.74) is 13.0. The number of nitrogens with two attached hydrogens (primary N) is 2. The molecule has 0 spiro atoms. The lowest BCUT2D eigenvalue weighted by Crippen LogP contribution is -2.01. The van der Waals surface area contributed by atoms with E-state index in [9.17, 15) is 5.21 Å². The SMILES string of the molecule is Nc1c2c(c(N)n1[O-])CCC2. The average Bonchev–Trinajstić information content (AvgIpc) is 2.53. The largest absolute Gasteiger partial charge is 0.803 e. The Balaban J connectivity index is 2.68. The smallest absolute Gasteiger partial charge is 0.103 e. The zero-order valence-corrected chi connectivity index (χ0v) is 6.13. The van der Waals surface area contributed by atoms with Crippen LogP contribution in [0.15, 0.2) is 0 Å². The Morgan fingerprint density at radius 2 is 1.55 bits per heavy atom. The molecule has 0 saturated heterocycles. The van der Waals surface area contributed by atoms with E-state index < -0.39 is 0 Å². The molecule has 1 aromatic heterocycles. The lowest BCUT2D eigenvalue weighted by Gasteiger charge is -2.12. The molecule has 0 aromatic carbocycles. The Morgan fingerprint density at radius 1 is 1.09 bits per heavy atom. The lowest BCUT2D eigenvalue weighted by molar-refractivity contribution is 0.896. The lowest BCUT2D eigenvalue weighted by atomic mass is 10.2. The summed E-state index contributed by atoms with van der Waals surface area (Å²) in [4.78, 5) is 0. The van der Waals surface area contributed by atoms with Crippen LogP contribution in [-0.2, 0) is 12.8 Å². The van der Waals surface area contributed by atoms with Crippen molar-refractivity contribution >= 4 is 11.6 Å². The summed E-state index contributed by atoms with van der Waals surface area (Å²) < 4.78 is 0.629. The monoisotopic (exact) mass is 152 g/mol. The number of nitrogens with zero attached hydrogens (tertiary/aromatic N) is 1. The molecule has 11 heavy (non-hydrogen) atoms. The van der Waals surface area contributed by atoms with Crippen LogP contribution in [0.4, 0.5) is 11.6 Å². The van der Waals surface area contributed by atoms with E-state index in [2.05, 4.69) is 0 Å². The summed E-state index contributed by atoms with van der Waals surface area (Å²) in [5, 5.41) is 11.1. The van der Waals surface area contributed by atoms with E-state index in [1.807, 2.05) is 0 Å². The number of aromatic nitrogens is 1. The predicted molar refractivity (Wildman–Crippen MR) is 44.0 cm³/mol. The van der Waals surface area contributed by atoms with E-state index in [0.717, 1.165) is 30.4 Å². The summed E-state index contributed by atoms with van der Waals surface area (Å²) in [7, 11) is 0. The molecule has 4 heteroatoms. The van der Waals surface area contributed by atoms with Crippen LogP contribution in [0.2, 0.25) is 0 Å². The molecule has 0 aliphatic heterocycles. The van der Waals surface area contributed by atoms with Crippen LogP contribution in [0, 0.1) is 5.21 Å². The van der Waals surface area contributed by atoms with E-state index in [-0.39, 0.29) is 0 Å². The minimum absolute atomic E-state index is 0.301. The molecule has 0 bridgehead atoms. The predicted octanol–water partition coefficient (Wildman–Crippen LogP) is 0.487. The van der Waals surface area contributed by atoms with Crippen LogP contribution in [0.5, 0.6) is 0 Å². The second-order valence-corrected chi connectivity index (χ2v) is 2.88. The number of hydrogen-bond acceptors (Lipinski definition) is 3. The molecule has 0 amide bonds. The molecular weight excluding hydrogens is 142 g/mol. The number of nitrogen functional groups attached to an aromatic ring is 2. The van der Waals surface area contributed by atoms with Crippen molar-refractivity contribution in [3.63, 3.8) is 0 Å². The van der Waals surface area contributed by atoms with E-state index in [1.165, 1.54) is 0 Å². The minimum Gasteiger partial charge on any atom is -0.803 e. The second kappa shape index (κ2) is 1.84. The Kier molecular flexibility index (Phi) is 1.07. The van der Waals surface area contributed by atoms with Gasteiger partial charge < -0.3 is 21.4 Å².